The van der Waals surface area contributed by atoms with E-state index in [0.29, 0.717) is 22.9 Å². The Morgan fingerprint density at radius 2 is 1.69 bits per heavy atom. The number of halogens is 4. The van der Waals surface area contributed by atoms with Gasteiger partial charge in [-0.1, -0.05) is 47.5 Å². The lowest BCUT2D eigenvalue weighted by molar-refractivity contribution is -0.0519. The van der Waals surface area contributed by atoms with Gasteiger partial charge in [-0.05, 0) is 98.8 Å². The number of hydrogen-bond acceptors (Lipinski definition) is 9. The van der Waals surface area contributed by atoms with Crippen LogP contribution in [0.3, 0.4) is 0 Å². The first kappa shape index (κ1) is 37.2. The number of carbonyl (C=O) groups excluding carboxylic acids is 2. The molecule has 3 aliphatic rings. The summed E-state index contributed by atoms with van der Waals surface area (Å²) >= 11 is 12.9. The number of fused-ring (bicyclic) bond motifs is 3. The van der Waals surface area contributed by atoms with Gasteiger partial charge >= 0.3 is 18.7 Å². The van der Waals surface area contributed by atoms with Crippen LogP contribution >= 0.6 is 23.2 Å². The van der Waals surface area contributed by atoms with E-state index in [-0.39, 0.29) is 52.3 Å². The second kappa shape index (κ2) is 16.9. The molecule has 14 heteroatoms. The summed E-state index contributed by atoms with van der Waals surface area (Å²) in [5.74, 6) is 0.00678. The van der Waals surface area contributed by atoms with Crippen LogP contribution in [0.25, 0.3) is 0 Å². The van der Waals surface area contributed by atoms with Gasteiger partial charge in [-0.15, -0.1) is 0 Å². The number of aromatic nitrogens is 2. The van der Waals surface area contributed by atoms with E-state index in [2.05, 4.69) is 19.6 Å². The molecule has 3 aliphatic heterocycles. The number of alkyl halides is 2. The molecule has 0 N–H and O–H groups in total. The number of amides is 1. The van der Waals surface area contributed by atoms with Gasteiger partial charge in [0.2, 0.25) is 0 Å². The van der Waals surface area contributed by atoms with Crippen LogP contribution in [-0.2, 0) is 22.4 Å². The van der Waals surface area contributed by atoms with Gasteiger partial charge in [0.05, 0.1) is 28.3 Å². The normalized spacial score (nSPS) is 18.6. The standard InChI is InChI=1S/C38H38Cl2F2N4O6/c1-23(2)49-33-17-27(10-11-31(33)51-37(41)42)32(18-28-29(39)19-43-20-30(28)40)50-36(47)26-8-6-24(7-9-26)21-46(35-5-3-4-14-44-35)38(48)52-34-22-45-15-12-25(34)13-16-45/h3-11,14,17,19-20,23,25,32,34,37H,12-13,15-16,18,21-22H2,1-2H3/t32-,34-/m0/s1. The number of carbonyl (C=O) groups is 2. The number of nitrogens with zero attached hydrogens (tertiary/aromatic N) is 4. The molecule has 0 unspecified atom stereocenters. The second-order valence-electron chi connectivity index (χ2n) is 13.0. The van der Waals surface area contributed by atoms with Crippen molar-refractivity contribution in [3.63, 3.8) is 0 Å². The summed E-state index contributed by atoms with van der Waals surface area (Å²) in [5, 5.41) is 0.525. The van der Waals surface area contributed by atoms with Crippen molar-refractivity contribution < 1.29 is 37.3 Å². The van der Waals surface area contributed by atoms with E-state index in [0.717, 1.165) is 38.0 Å². The number of ether oxygens (including phenoxy) is 4. The van der Waals surface area contributed by atoms with Gasteiger partial charge in [-0.3, -0.25) is 14.8 Å². The number of anilines is 1. The predicted octanol–water partition coefficient (Wildman–Crippen LogP) is 8.55. The Bertz CT molecular complexity index is 1830. The highest BCUT2D eigenvalue weighted by Crippen LogP contribution is 2.37. The van der Waals surface area contributed by atoms with Crippen LogP contribution in [0.4, 0.5) is 19.4 Å². The van der Waals surface area contributed by atoms with Crippen molar-refractivity contribution in [3.8, 4) is 11.5 Å². The van der Waals surface area contributed by atoms with Crippen LogP contribution in [0.5, 0.6) is 11.5 Å². The third kappa shape index (κ3) is 9.28. The third-order valence-electron chi connectivity index (χ3n) is 9.03. The maximum absolute atomic E-state index is 13.7. The molecule has 7 rings (SSSR count). The molecule has 52 heavy (non-hydrogen) atoms. The molecular formula is C38H38Cl2F2N4O6. The zero-order chi connectivity index (χ0) is 36.8. The Morgan fingerprint density at radius 1 is 0.962 bits per heavy atom. The summed E-state index contributed by atoms with van der Waals surface area (Å²) in [6, 6.07) is 16.3. The SMILES string of the molecule is CC(C)Oc1cc([C@H](Cc2c(Cl)cncc2Cl)OC(=O)c2ccc(CN(C(=O)O[C@H]3CN4CCC3CC4)c3ccccn3)cc2)ccc1OC(F)F. The van der Waals surface area contributed by atoms with Gasteiger partial charge in [0.1, 0.15) is 18.0 Å². The molecule has 0 saturated carbocycles. The Balaban J connectivity index is 1.22. The monoisotopic (exact) mass is 754 g/mol. The quantitative estimate of drug-likeness (QED) is 0.124. The van der Waals surface area contributed by atoms with E-state index < -0.39 is 24.8 Å². The molecule has 2 atom stereocenters. The second-order valence-corrected chi connectivity index (χ2v) is 13.8. The third-order valence-corrected chi connectivity index (χ3v) is 9.69. The Morgan fingerprint density at radius 3 is 2.31 bits per heavy atom. The van der Waals surface area contributed by atoms with E-state index in [4.69, 9.17) is 37.4 Å². The van der Waals surface area contributed by atoms with Gasteiger partial charge in [0.25, 0.3) is 0 Å². The molecule has 0 aliphatic carbocycles. The fourth-order valence-corrected chi connectivity index (χ4v) is 6.95. The van der Waals surface area contributed by atoms with E-state index in [1.54, 1.807) is 62.5 Å². The number of piperidine rings is 3. The van der Waals surface area contributed by atoms with Crippen molar-refractivity contribution in [1.29, 1.82) is 0 Å². The molecule has 5 heterocycles. The largest absolute Gasteiger partial charge is 0.487 e. The van der Waals surface area contributed by atoms with Crippen LogP contribution in [0.1, 0.15) is 59.8 Å². The summed E-state index contributed by atoms with van der Waals surface area (Å²) in [6.45, 7) is 3.35. The Labute approximate surface area is 310 Å². The van der Waals surface area contributed by atoms with Gasteiger partial charge in [-0.25, -0.2) is 14.6 Å². The maximum Gasteiger partial charge on any atom is 0.416 e. The van der Waals surface area contributed by atoms with Crippen molar-refractivity contribution in [1.82, 2.24) is 14.9 Å². The minimum absolute atomic E-state index is 0.0426. The van der Waals surface area contributed by atoms with Crippen molar-refractivity contribution in [2.24, 2.45) is 5.92 Å². The molecule has 2 bridgehead atoms. The highest BCUT2D eigenvalue weighted by molar-refractivity contribution is 6.35. The number of hydrogen-bond donors (Lipinski definition) is 0. The molecule has 3 saturated heterocycles. The van der Waals surface area contributed by atoms with E-state index >= 15 is 0 Å². The van der Waals surface area contributed by atoms with Gasteiger partial charge < -0.3 is 18.9 Å². The van der Waals surface area contributed by atoms with Crippen molar-refractivity contribution >= 4 is 41.1 Å². The van der Waals surface area contributed by atoms with Crippen molar-refractivity contribution in [3.05, 3.63) is 112 Å². The summed E-state index contributed by atoms with van der Waals surface area (Å²) in [6.07, 6.45) is 4.52. The molecule has 1 amide bonds. The topological polar surface area (TPSA) is 103 Å². The van der Waals surface area contributed by atoms with Crippen molar-refractivity contribution in [2.75, 3.05) is 24.5 Å². The lowest BCUT2D eigenvalue weighted by Gasteiger charge is -2.44. The van der Waals surface area contributed by atoms with Crippen LogP contribution < -0.4 is 14.4 Å². The van der Waals surface area contributed by atoms with E-state index in [1.807, 2.05) is 0 Å². The van der Waals surface area contributed by atoms with E-state index in [1.165, 1.54) is 35.5 Å². The molecule has 274 valence electrons. The maximum atomic E-state index is 13.7. The molecule has 10 nitrogen and oxygen atoms in total. The summed E-state index contributed by atoms with van der Waals surface area (Å²) < 4.78 is 48.8. The first-order valence-corrected chi connectivity index (χ1v) is 17.7. The Kier molecular flexibility index (Phi) is 12.1. The zero-order valence-corrected chi connectivity index (χ0v) is 30.1. The Hall–Kier alpha value is -4.52. The first-order chi connectivity index (χ1) is 25.0. The van der Waals surface area contributed by atoms with Gasteiger partial charge in [0, 0.05) is 31.6 Å². The van der Waals surface area contributed by atoms with Crippen LogP contribution in [0.2, 0.25) is 10.0 Å². The number of esters is 1. The molecule has 2 aromatic carbocycles. The van der Waals surface area contributed by atoms with Gasteiger partial charge in [0.15, 0.2) is 11.5 Å². The fraction of sp³-hybridized carbons (Fsp3) is 0.368. The fourth-order valence-electron chi connectivity index (χ4n) is 6.43. The minimum Gasteiger partial charge on any atom is -0.487 e. The average Bonchev–Trinajstić information content (AvgIpc) is 3.13. The van der Waals surface area contributed by atoms with Gasteiger partial charge in [-0.2, -0.15) is 8.78 Å². The highest BCUT2D eigenvalue weighted by Gasteiger charge is 2.37. The van der Waals surface area contributed by atoms with Crippen LogP contribution in [0, 0.1) is 5.92 Å². The predicted molar refractivity (Wildman–Crippen MR) is 191 cm³/mol. The summed E-state index contributed by atoms with van der Waals surface area (Å²) in [4.78, 5) is 39.4. The summed E-state index contributed by atoms with van der Waals surface area (Å²) in [7, 11) is 0. The molecule has 2 aromatic heterocycles. The number of pyridine rings is 2. The molecule has 0 spiro atoms. The highest BCUT2D eigenvalue weighted by atomic mass is 35.5. The number of benzene rings is 2. The lowest BCUT2D eigenvalue weighted by atomic mass is 9.86. The molecule has 4 aromatic rings. The molecular weight excluding hydrogens is 717 g/mol. The average molecular weight is 756 g/mol. The smallest absolute Gasteiger partial charge is 0.416 e. The van der Waals surface area contributed by atoms with Crippen LogP contribution in [0.15, 0.2) is 79.3 Å². The van der Waals surface area contributed by atoms with E-state index in [9.17, 15) is 18.4 Å². The molecule has 3 fully saturated rings. The minimum atomic E-state index is -3.07. The number of rotatable bonds is 13. The first-order valence-electron chi connectivity index (χ1n) is 17.0. The summed E-state index contributed by atoms with van der Waals surface area (Å²) in [5.41, 5.74) is 1.87. The zero-order valence-electron chi connectivity index (χ0n) is 28.6. The van der Waals surface area contributed by atoms with Crippen LogP contribution in [-0.4, -0.2) is 65.4 Å². The lowest BCUT2D eigenvalue weighted by Crippen LogP contribution is -2.53. The van der Waals surface area contributed by atoms with Crippen molar-refractivity contribution in [2.45, 2.75) is 64.6 Å². The molecule has 0 radical (unpaired) electrons.